The molecule has 0 spiro atoms. The maximum Gasteiger partial charge on any atom is 0.150 e. The summed E-state index contributed by atoms with van der Waals surface area (Å²) in [5, 5.41) is 0.577. The average Bonchev–Trinajstić information content (AvgIpc) is 2.18. The summed E-state index contributed by atoms with van der Waals surface area (Å²) in [6.45, 7) is 1.93. The first-order chi connectivity index (χ1) is 7.79. The molecule has 6 heteroatoms. The van der Waals surface area contributed by atoms with Gasteiger partial charge in [-0.15, -0.1) is 0 Å². The molecule has 0 fully saturated rings. The van der Waals surface area contributed by atoms with Crippen molar-refractivity contribution in [1.82, 2.24) is 0 Å². The van der Waals surface area contributed by atoms with Crippen LogP contribution in [0.25, 0.3) is 0 Å². The normalized spacial score (nSPS) is 13.4. The summed E-state index contributed by atoms with van der Waals surface area (Å²) in [4.78, 5) is 0. The molecular formula is C11H16ClNO3S. The van der Waals surface area contributed by atoms with E-state index in [0.29, 0.717) is 10.8 Å². The zero-order valence-corrected chi connectivity index (χ0v) is 11.4. The molecule has 0 saturated carbocycles. The first-order valence-corrected chi connectivity index (χ1v) is 7.59. The van der Waals surface area contributed by atoms with Crippen molar-refractivity contribution in [3.8, 4) is 5.75 Å². The van der Waals surface area contributed by atoms with Gasteiger partial charge in [-0.05, 0) is 25.1 Å². The maximum absolute atomic E-state index is 11.0. The number of hydrogen-bond acceptors (Lipinski definition) is 4. The molecule has 0 bridgehead atoms. The summed E-state index contributed by atoms with van der Waals surface area (Å²) >= 11 is 5.86. The summed E-state index contributed by atoms with van der Waals surface area (Å²) in [7, 11) is -3.02. The van der Waals surface area contributed by atoms with Gasteiger partial charge in [-0.2, -0.15) is 0 Å². The summed E-state index contributed by atoms with van der Waals surface area (Å²) in [5.41, 5.74) is 6.55. The van der Waals surface area contributed by atoms with Crippen LogP contribution < -0.4 is 10.5 Å². The highest BCUT2D eigenvalue weighted by atomic mass is 35.5. The van der Waals surface area contributed by atoms with Crippen LogP contribution in [0.3, 0.4) is 0 Å². The van der Waals surface area contributed by atoms with Crippen molar-refractivity contribution in [2.24, 2.45) is 5.73 Å². The molecule has 0 saturated heterocycles. The largest absolute Gasteiger partial charge is 0.492 e. The van der Waals surface area contributed by atoms with E-state index in [4.69, 9.17) is 22.1 Å². The molecule has 1 rings (SSSR count). The molecule has 4 nitrogen and oxygen atoms in total. The van der Waals surface area contributed by atoms with Gasteiger partial charge in [-0.3, -0.25) is 0 Å². The minimum Gasteiger partial charge on any atom is -0.492 e. The number of ether oxygens (including phenoxy) is 1. The fourth-order valence-electron chi connectivity index (χ4n) is 1.31. The lowest BCUT2D eigenvalue weighted by molar-refractivity contribution is 0.335. The fraction of sp³-hybridized carbons (Fsp3) is 0.455. The van der Waals surface area contributed by atoms with Gasteiger partial charge < -0.3 is 10.5 Å². The van der Waals surface area contributed by atoms with Crippen molar-refractivity contribution < 1.29 is 13.2 Å². The van der Waals surface area contributed by atoms with E-state index < -0.39 is 9.84 Å². The van der Waals surface area contributed by atoms with E-state index in [1.807, 2.05) is 6.92 Å². The summed E-state index contributed by atoms with van der Waals surface area (Å²) in [6, 6.07) is 4.89. The third-order valence-corrected chi connectivity index (χ3v) is 3.32. The van der Waals surface area contributed by atoms with Crippen molar-refractivity contribution in [3.05, 3.63) is 28.8 Å². The second kappa shape index (κ2) is 5.71. The van der Waals surface area contributed by atoms with E-state index in [-0.39, 0.29) is 18.4 Å². The van der Waals surface area contributed by atoms with Gasteiger partial charge in [0.1, 0.15) is 12.4 Å². The molecule has 2 N–H and O–H groups in total. The zero-order chi connectivity index (χ0) is 13.1. The quantitative estimate of drug-likeness (QED) is 0.891. The Kier molecular flexibility index (Phi) is 4.80. The Morgan fingerprint density at radius 1 is 1.47 bits per heavy atom. The van der Waals surface area contributed by atoms with Gasteiger partial charge >= 0.3 is 0 Å². The van der Waals surface area contributed by atoms with Gasteiger partial charge in [0, 0.05) is 22.9 Å². The molecule has 0 aromatic heterocycles. The number of sulfone groups is 1. The van der Waals surface area contributed by atoms with Crippen LogP contribution in [0, 0.1) is 0 Å². The Labute approximate surface area is 107 Å². The SMILES string of the molecule is C[C@@H](N)c1cc(Cl)ccc1OCCS(C)(=O)=O. The van der Waals surface area contributed by atoms with E-state index in [0.717, 1.165) is 5.56 Å². The number of rotatable bonds is 5. The van der Waals surface area contributed by atoms with Gasteiger partial charge in [0.25, 0.3) is 0 Å². The van der Waals surface area contributed by atoms with Crippen molar-refractivity contribution >= 4 is 21.4 Å². The fourth-order valence-corrected chi connectivity index (χ4v) is 1.88. The van der Waals surface area contributed by atoms with Gasteiger partial charge in [-0.25, -0.2) is 8.42 Å². The molecule has 0 aliphatic carbocycles. The van der Waals surface area contributed by atoms with Crippen LogP contribution in [0.2, 0.25) is 5.02 Å². The highest BCUT2D eigenvalue weighted by molar-refractivity contribution is 7.90. The second-order valence-electron chi connectivity index (χ2n) is 3.95. The molecule has 0 aliphatic rings. The van der Waals surface area contributed by atoms with Gasteiger partial charge in [-0.1, -0.05) is 11.6 Å². The third kappa shape index (κ3) is 4.93. The van der Waals surface area contributed by atoms with E-state index in [9.17, 15) is 8.42 Å². The Balaban J connectivity index is 2.77. The molecule has 96 valence electrons. The molecule has 1 atom stereocenters. The molecule has 0 radical (unpaired) electrons. The minimum atomic E-state index is -3.02. The lowest BCUT2D eigenvalue weighted by Crippen LogP contribution is -2.14. The van der Waals surface area contributed by atoms with E-state index in [2.05, 4.69) is 0 Å². The molecule has 0 amide bonds. The van der Waals surface area contributed by atoms with E-state index >= 15 is 0 Å². The average molecular weight is 278 g/mol. The van der Waals surface area contributed by atoms with Crippen LogP contribution in [0.5, 0.6) is 5.75 Å². The Morgan fingerprint density at radius 3 is 2.65 bits per heavy atom. The molecular weight excluding hydrogens is 262 g/mol. The van der Waals surface area contributed by atoms with E-state index in [1.165, 1.54) is 6.26 Å². The predicted molar refractivity (Wildman–Crippen MR) is 69.3 cm³/mol. The Hall–Kier alpha value is -0.780. The smallest absolute Gasteiger partial charge is 0.150 e. The van der Waals surface area contributed by atoms with Crippen LogP contribution >= 0.6 is 11.6 Å². The summed E-state index contributed by atoms with van der Waals surface area (Å²) < 4.78 is 27.3. The highest BCUT2D eigenvalue weighted by Gasteiger charge is 2.10. The van der Waals surface area contributed by atoms with E-state index in [1.54, 1.807) is 18.2 Å². The lowest BCUT2D eigenvalue weighted by Gasteiger charge is -2.14. The maximum atomic E-state index is 11.0. The Bertz CT molecular complexity index is 485. The van der Waals surface area contributed by atoms with Gasteiger partial charge in [0.05, 0.1) is 5.75 Å². The Morgan fingerprint density at radius 2 is 2.12 bits per heavy atom. The number of halogens is 1. The van der Waals surface area contributed by atoms with Crippen molar-refractivity contribution in [2.75, 3.05) is 18.6 Å². The zero-order valence-electron chi connectivity index (χ0n) is 9.81. The highest BCUT2D eigenvalue weighted by Crippen LogP contribution is 2.27. The van der Waals surface area contributed by atoms with Crippen LogP contribution in [0.1, 0.15) is 18.5 Å². The first-order valence-electron chi connectivity index (χ1n) is 5.15. The molecule has 1 aromatic carbocycles. The molecule has 0 unspecified atom stereocenters. The number of nitrogens with two attached hydrogens (primary N) is 1. The monoisotopic (exact) mass is 277 g/mol. The van der Waals surface area contributed by atoms with Crippen molar-refractivity contribution in [1.29, 1.82) is 0 Å². The number of hydrogen-bond donors (Lipinski definition) is 1. The topological polar surface area (TPSA) is 69.4 Å². The first kappa shape index (κ1) is 14.3. The lowest BCUT2D eigenvalue weighted by atomic mass is 10.1. The summed E-state index contributed by atoms with van der Waals surface area (Å²) in [5.74, 6) is 0.557. The van der Waals surface area contributed by atoms with Gasteiger partial charge in [0.15, 0.2) is 9.84 Å². The van der Waals surface area contributed by atoms with Crippen molar-refractivity contribution in [2.45, 2.75) is 13.0 Å². The second-order valence-corrected chi connectivity index (χ2v) is 6.65. The number of benzene rings is 1. The van der Waals surface area contributed by atoms with Crippen LogP contribution in [0.15, 0.2) is 18.2 Å². The van der Waals surface area contributed by atoms with Crippen molar-refractivity contribution in [3.63, 3.8) is 0 Å². The summed E-state index contributed by atoms with van der Waals surface area (Å²) in [6.07, 6.45) is 1.17. The minimum absolute atomic E-state index is 0.0198. The molecule has 0 aliphatic heterocycles. The van der Waals surface area contributed by atoms with Crippen LogP contribution in [-0.2, 0) is 9.84 Å². The van der Waals surface area contributed by atoms with Crippen LogP contribution in [-0.4, -0.2) is 27.0 Å². The standard InChI is InChI=1S/C11H16ClNO3S/c1-8(13)10-7-9(12)3-4-11(10)16-5-6-17(2,14)15/h3-4,7-8H,5-6,13H2,1-2H3/t8-/m1/s1. The predicted octanol–water partition coefficient (Wildman–Crippen LogP) is 1.78. The van der Waals surface area contributed by atoms with Gasteiger partial charge in [0.2, 0.25) is 0 Å². The molecule has 1 aromatic rings. The third-order valence-electron chi connectivity index (χ3n) is 2.17. The molecule has 0 heterocycles. The van der Waals surface area contributed by atoms with Crippen LogP contribution in [0.4, 0.5) is 0 Å². The molecule has 17 heavy (non-hydrogen) atoms.